The average molecular weight is 777 g/mol. The Labute approximate surface area is 329 Å². The van der Waals surface area contributed by atoms with Gasteiger partial charge in [0.05, 0.1) is 6.61 Å². The Morgan fingerprint density at radius 3 is 1.30 bits per heavy atom. The molecule has 0 aliphatic heterocycles. The van der Waals surface area contributed by atoms with E-state index in [9.17, 15) is 14.2 Å². The topological polar surface area (TPSA) is 119 Å². The summed E-state index contributed by atoms with van der Waals surface area (Å²) in [6, 6.07) is 0. The maximum absolute atomic E-state index is 12.4. The Morgan fingerprint density at radius 2 is 0.889 bits per heavy atom. The number of unbranched alkanes of at least 4 members (excludes halogenated alkanes) is 16. The van der Waals surface area contributed by atoms with Crippen molar-refractivity contribution in [2.24, 2.45) is 0 Å². The quantitative estimate of drug-likeness (QED) is 0.0275. The molecule has 1 unspecified atom stereocenters. The Morgan fingerprint density at radius 1 is 0.500 bits per heavy atom. The van der Waals surface area contributed by atoms with Crippen molar-refractivity contribution < 1.29 is 37.9 Å². The highest BCUT2D eigenvalue weighted by Gasteiger charge is 2.22. The number of carbonyl (C=O) groups is 2. The lowest BCUT2D eigenvalue weighted by Gasteiger charge is -2.18. The molecule has 0 aliphatic rings. The summed E-state index contributed by atoms with van der Waals surface area (Å²) in [5, 5.41) is 0. The highest BCUT2D eigenvalue weighted by molar-refractivity contribution is 7.46. The third-order valence-electron chi connectivity index (χ3n) is 8.75. The van der Waals surface area contributed by atoms with Gasteiger partial charge < -0.3 is 19.3 Å². The van der Waals surface area contributed by atoms with Crippen molar-refractivity contribution in [1.82, 2.24) is 0 Å². The molecule has 0 aromatic carbocycles. The van der Waals surface area contributed by atoms with Gasteiger partial charge in [-0.2, -0.15) is 0 Å². The van der Waals surface area contributed by atoms with Gasteiger partial charge in [-0.15, -0.1) is 0 Å². The minimum Gasteiger partial charge on any atom is -0.462 e. The lowest BCUT2D eigenvalue weighted by atomic mass is 10.0. The highest BCUT2D eigenvalue weighted by Crippen LogP contribution is 2.36. The number of phosphoric ester groups is 1. The number of esters is 2. The molecule has 0 aromatic heterocycles. The molecule has 0 saturated heterocycles. The number of ether oxygens (including phenoxy) is 2. The van der Waals surface area contributed by atoms with E-state index in [0.29, 0.717) is 12.8 Å². The maximum Gasteiger partial charge on any atom is 0.469 e. The second kappa shape index (κ2) is 40.2. The van der Waals surface area contributed by atoms with E-state index in [0.717, 1.165) is 51.4 Å². The molecule has 0 spiro atoms. The number of rotatable bonds is 38. The first kappa shape index (κ1) is 51.5. The number of phosphoric acid groups is 1. The first-order valence-electron chi connectivity index (χ1n) is 21.2. The van der Waals surface area contributed by atoms with Crippen molar-refractivity contribution in [3.05, 3.63) is 72.9 Å². The van der Waals surface area contributed by atoms with Crippen LogP contribution in [0.5, 0.6) is 0 Å². The van der Waals surface area contributed by atoms with Crippen molar-refractivity contribution in [2.75, 3.05) is 13.2 Å². The second-order valence-corrected chi connectivity index (χ2v) is 15.2. The Kier molecular flexibility index (Phi) is 38.3. The van der Waals surface area contributed by atoms with Gasteiger partial charge in [0.15, 0.2) is 6.10 Å². The van der Waals surface area contributed by atoms with Gasteiger partial charge >= 0.3 is 19.8 Å². The summed E-state index contributed by atoms with van der Waals surface area (Å²) < 4.78 is 26.3. The molecule has 54 heavy (non-hydrogen) atoms. The maximum atomic E-state index is 12.4. The van der Waals surface area contributed by atoms with E-state index < -0.39 is 32.5 Å². The molecule has 0 heterocycles. The molecule has 2 N–H and O–H groups in total. The third kappa shape index (κ3) is 42.2. The summed E-state index contributed by atoms with van der Waals surface area (Å²) in [7, 11) is -4.78. The van der Waals surface area contributed by atoms with Crippen LogP contribution in [0.2, 0.25) is 0 Å². The molecule has 0 radical (unpaired) electrons. The van der Waals surface area contributed by atoms with Gasteiger partial charge in [-0.25, -0.2) is 4.57 Å². The van der Waals surface area contributed by atoms with E-state index in [1.807, 2.05) is 12.2 Å². The second-order valence-electron chi connectivity index (χ2n) is 13.9. The van der Waals surface area contributed by atoms with Gasteiger partial charge in [-0.1, -0.05) is 189 Å². The minimum absolute atomic E-state index is 0.0851. The SMILES string of the molecule is CC/C=C\C/C=C\C/C=C\C/C=C\C/C=C\C/C=C\CCC(=O)OC(COC(=O)CCCCCCCCCCCCCCCCCCC)COP(=O)(O)O. The standard InChI is InChI=1S/C45H77O8P/c1-3-5-7-9-11-13-15-17-19-21-22-24-26-28-30-32-34-36-38-40-45(47)53-43(42-52-54(48,49)50)41-51-44(46)39-37-35-33-31-29-27-25-23-20-18-16-14-12-10-8-6-4-2/h5,7,11,13,17,19,22,24,28,30,34,36,43H,3-4,6,8-10,12,14-16,18,20-21,23,25-27,29,31-33,35,37-42H2,1-2H3,(H2,48,49,50)/b7-5-,13-11-,19-17-,24-22-,30-28-,36-34-. The summed E-state index contributed by atoms with van der Waals surface area (Å²) in [4.78, 5) is 42.8. The fourth-order valence-corrected chi connectivity index (χ4v) is 5.99. The van der Waals surface area contributed by atoms with Gasteiger partial charge in [0.1, 0.15) is 6.61 Å². The predicted molar refractivity (Wildman–Crippen MR) is 225 cm³/mol. The molecule has 0 aromatic rings. The van der Waals surface area contributed by atoms with Crippen LogP contribution >= 0.6 is 7.82 Å². The van der Waals surface area contributed by atoms with Gasteiger partial charge in [-0.3, -0.25) is 14.1 Å². The minimum atomic E-state index is -4.78. The van der Waals surface area contributed by atoms with E-state index in [-0.39, 0.29) is 19.4 Å². The number of hydrogen-bond donors (Lipinski definition) is 2. The molecular formula is C45H77O8P. The third-order valence-corrected chi connectivity index (χ3v) is 9.24. The summed E-state index contributed by atoms with van der Waals surface area (Å²) in [6.07, 6.45) is 52.1. The van der Waals surface area contributed by atoms with Crippen molar-refractivity contribution >= 4 is 19.8 Å². The summed E-state index contributed by atoms with van der Waals surface area (Å²) >= 11 is 0. The van der Waals surface area contributed by atoms with E-state index in [2.05, 4.69) is 79.1 Å². The van der Waals surface area contributed by atoms with Crippen LogP contribution in [0.4, 0.5) is 0 Å². The van der Waals surface area contributed by atoms with Gasteiger partial charge in [0, 0.05) is 12.8 Å². The predicted octanol–water partition coefficient (Wildman–Crippen LogP) is 13.1. The summed E-state index contributed by atoms with van der Waals surface area (Å²) in [5.41, 5.74) is 0. The van der Waals surface area contributed by atoms with Crippen LogP contribution in [0.1, 0.15) is 181 Å². The molecule has 0 amide bonds. The zero-order chi connectivity index (χ0) is 39.6. The smallest absolute Gasteiger partial charge is 0.462 e. The molecule has 0 bridgehead atoms. The Bertz CT molecular complexity index is 1100. The zero-order valence-corrected chi connectivity index (χ0v) is 35.0. The lowest BCUT2D eigenvalue weighted by molar-refractivity contribution is -0.161. The zero-order valence-electron chi connectivity index (χ0n) is 34.1. The van der Waals surface area contributed by atoms with E-state index >= 15 is 0 Å². The molecule has 9 heteroatoms. The monoisotopic (exact) mass is 777 g/mol. The Balaban J connectivity index is 4.04. The van der Waals surface area contributed by atoms with Gasteiger partial charge in [0.25, 0.3) is 0 Å². The van der Waals surface area contributed by atoms with Crippen LogP contribution in [0.25, 0.3) is 0 Å². The van der Waals surface area contributed by atoms with Crippen molar-refractivity contribution in [1.29, 1.82) is 0 Å². The summed E-state index contributed by atoms with van der Waals surface area (Å²) in [5.74, 6) is -0.982. The van der Waals surface area contributed by atoms with E-state index in [1.165, 1.54) is 89.9 Å². The number of carbonyl (C=O) groups excluding carboxylic acids is 2. The number of hydrogen-bond acceptors (Lipinski definition) is 6. The van der Waals surface area contributed by atoms with E-state index in [1.54, 1.807) is 0 Å². The first-order chi connectivity index (χ1) is 26.3. The molecule has 310 valence electrons. The molecule has 0 saturated carbocycles. The normalized spacial score (nSPS) is 13.2. The fraction of sp³-hybridized carbons (Fsp3) is 0.689. The number of allylic oxidation sites excluding steroid dienone is 12. The van der Waals surface area contributed by atoms with Crippen LogP contribution in [0.3, 0.4) is 0 Å². The fourth-order valence-electron chi connectivity index (χ4n) is 5.63. The average Bonchev–Trinajstić information content (AvgIpc) is 3.14. The van der Waals surface area contributed by atoms with Crippen LogP contribution in [0, 0.1) is 0 Å². The van der Waals surface area contributed by atoms with Gasteiger partial charge in [0.2, 0.25) is 0 Å². The van der Waals surface area contributed by atoms with Crippen LogP contribution in [-0.2, 0) is 28.2 Å². The highest BCUT2D eigenvalue weighted by atomic mass is 31.2. The lowest BCUT2D eigenvalue weighted by Crippen LogP contribution is -2.29. The van der Waals surface area contributed by atoms with Gasteiger partial charge in [-0.05, 0) is 51.4 Å². The summed E-state index contributed by atoms with van der Waals surface area (Å²) in [6.45, 7) is 3.52. The van der Waals surface area contributed by atoms with Crippen LogP contribution in [-0.4, -0.2) is 41.0 Å². The molecular weight excluding hydrogens is 699 g/mol. The molecule has 0 aliphatic carbocycles. The van der Waals surface area contributed by atoms with E-state index in [4.69, 9.17) is 19.3 Å². The first-order valence-corrected chi connectivity index (χ1v) is 22.8. The van der Waals surface area contributed by atoms with Crippen LogP contribution < -0.4 is 0 Å². The molecule has 0 rings (SSSR count). The molecule has 0 fully saturated rings. The molecule has 1 atom stereocenters. The largest absolute Gasteiger partial charge is 0.469 e. The van der Waals surface area contributed by atoms with Crippen molar-refractivity contribution in [3.63, 3.8) is 0 Å². The Hall–Kier alpha value is -2.51. The van der Waals surface area contributed by atoms with Crippen molar-refractivity contribution in [3.8, 4) is 0 Å². The van der Waals surface area contributed by atoms with Crippen molar-refractivity contribution in [2.45, 2.75) is 187 Å². The molecule has 8 nitrogen and oxygen atoms in total. The van der Waals surface area contributed by atoms with Crippen LogP contribution in [0.15, 0.2) is 72.9 Å².